The van der Waals surface area contributed by atoms with Crippen LogP contribution in [0.4, 0.5) is 0 Å². The Balaban J connectivity index is 2.34. The maximum Gasteiger partial charge on any atom is 0.0662 e. The predicted octanol–water partition coefficient (Wildman–Crippen LogP) is 4.05. The Hall–Kier alpha value is -0.280. The molecule has 2 rings (SSSR count). The van der Waals surface area contributed by atoms with Gasteiger partial charge < -0.3 is 10.8 Å². The highest BCUT2D eigenvalue weighted by Gasteiger charge is 2.47. The normalized spacial score (nSPS) is 29.4. The fourth-order valence-electron chi connectivity index (χ4n) is 3.53. The summed E-state index contributed by atoms with van der Waals surface area (Å²) in [4.78, 5) is 0. The highest BCUT2D eigenvalue weighted by Crippen LogP contribution is 2.48. The van der Waals surface area contributed by atoms with E-state index in [0.29, 0.717) is 23.0 Å². The largest absolute Gasteiger partial charge is 0.392 e. The molecule has 1 aromatic carbocycles. The third-order valence-electron chi connectivity index (χ3n) is 4.77. The molecular weight excluding hydrogens is 293 g/mol. The molecule has 2 nitrogen and oxygen atoms in total. The summed E-state index contributed by atoms with van der Waals surface area (Å²) in [7, 11) is 0. The first-order valence-corrected chi connectivity index (χ1v) is 7.88. The molecule has 112 valence electrons. The SMILES string of the molecule is CC1(C)CCCC(CN)(Cc2cc(Cl)ccc2Cl)C1O. The Kier molecular flexibility index (Phi) is 4.70. The number of benzene rings is 1. The predicted molar refractivity (Wildman–Crippen MR) is 85.3 cm³/mol. The van der Waals surface area contributed by atoms with Crippen molar-refractivity contribution >= 4 is 23.2 Å². The fraction of sp³-hybridized carbons (Fsp3) is 0.625. The van der Waals surface area contributed by atoms with Gasteiger partial charge in [0, 0.05) is 22.0 Å². The summed E-state index contributed by atoms with van der Waals surface area (Å²) in [6.45, 7) is 4.68. The molecule has 0 aromatic heterocycles. The molecule has 3 N–H and O–H groups in total. The Morgan fingerprint density at radius 3 is 2.65 bits per heavy atom. The van der Waals surface area contributed by atoms with Crippen molar-refractivity contribution in [1.82, 2.24) is 0 Å². The van der Waals surface area contributed by atoms with Gasteiger partial charge in [0.2, 0.25) is 0 Å². The fourth-order valence-corrected chi connectivity index (χ4v) is 3.91. The number of hydrogen-bond donors (Lipinski definition) is 2. The number of aliphatic hydroxyl groups is 1. The lowest BCUT2D eigenvalue weighted by molar-refractivity contribution is -0.0884. The van der Waals surface area contributed by atoms with Gasteiger partial charge in [0.1, 0.15) is 0 Å². The highest BCUT2D eigenvalue weighted by molar-refractivity contribution is 6.33. The maximum absolute atomic E-state index is 10.8. The number of halogens is 2. The molecule has 1 aromatic rings. The molecule has 1 aliphatic rings. The molecule has 0 heterocycles. The van der Waals surface area contributed by atoms with E-state index in [1.807, 2.05) is 12.1 Å². The van der Waals surface area contributed by atoms with Gasteiger partial charge in [-0.15, -0.1) is 0 Å². The summed E-state index contributed by atoms with van der Waals surface area (Å²) in [6, 6.07) is 5.48. The molecule has 1 aliphatic carbocycles. The summed E-state index contributed by atoms with van der Waals surface area (Å²) >= 11 is 12.3. The van der Waals surface area contributed by atoms with Gasteiger partial charge in [0.25, 0.3) is 0 Å². The van der Waals surface area contributed by atoms with E-state index < -0.39 is 6.10 Å². The Labute approximate surface area is 131 Å². The van der Waals surface area contributed by atoms with Crippen molar-refractivity contribution in [3.63, 3.8) is 0 Å². The zero-order chi connectivity index (χ0) is 15.0. The van der Waals surface area contributed by atoms with E-state index in [9.17, 15) is 5.11 Å². The van der Waals surface area contributed by atoms with Gasteiger partial charge in [0.15, 0.2) is 0 Å². The Morgan fingerprint density at radius 2 is 2.00 bits per heavy atom. The smallest absolute Gasteiger partial charge is 0.0662 e. The van der Waals surface area contributed by atoms with Gasteiger partial charge in [-0.25, -0.2) is 0 Å². The number of hydrogen-bond acceptors (Lipinski definition) is 2. The van der Waals surface area contributed by atoms with Crippen molar-refractivity contribution in [2.24, 2.45) is 16.6 Å². The average molecular weight is 316 g/mol. The number of aliphatic hydroxyl groups excluding tert-OH is 1. The van der Waals surface area contributed by atoms with Gasteiger partial charge in [-0.2, -0.15) is 0 Å². The average Bonchev–Trinajstić information content (AvgIpc) is 2.39. The van der Waals surface area contributed by atoms with Crippen LogP contribution in [0, 0.1) is 10.8 Å². The second-order valence-corrected chi connectivity index (χ2v) is 7.57. The Morgan fingerprint density at radius 1 is 1.30 bits per heavy atom. The van der Waals surface area contributed by atoms with E-state index in [1.54, 1.807) is 6.07 Å². The summed E-state index contributed by atoms with van der Waals surface area (Å²) in [5.41, 5.74) is 6.61. The van der Waals surface area contributed by atoms with Crippen LogP contribution in [-0.4, -0.2) is 17.8 Å². The summed E-state index contributed by atoms with van der Waals surface area (Å²) < 4.78 is 0. The Bertz CT molecular complexity index is 489. The molecule has 0 radical (unpaired) electrons. The van der Waals surface area contributed by atoms with Gasteiger partial charge in [-0.1, -0.05) is 43.5 Å². The minimum absolute atomic E-state index is 0.108. The first kappa shape index (κ1) is 16.1. The summed E-state index contributed by atoms with van der Waals surface area (Å²) in [5.74, 6) is 0. The lowest BCUT2D eigenvalue weighted by Gasteiger charge is -2.49. The molecule has 2 unspecified atom stereocenters. The van der Waals surface area contributed by atoms with Crippen LogP contribution in [0.1, 0.15) is 38.7 Å². The van der Waals surface area contributed by atoms with E-state index in [0.717, 1.165) is 24.8 Å². The zero-order valence-electron chi connectivity index (χ0n) is 12.1. The van der Waals surface area contributed by atoms with Gasteiger partial charge in [-0.3, -0.25) is 0 Å². The number of rotatable bonds is 3. The van der Waals surface area contributed by atoms with Gasteiger partial charge >= 0.3 is 0 Å². The summed E-state index contributed by atoms with van der Waals surface area (Å²) in [6.07, 6.45) is 3.28. The van der Waals surface area contributed by atoms with Gasteiger partial charge in [-0.05, 0) is 48.4 Å². The van der Waals surface area contributed by atoms with Crippen molar-refractivity contribution < 1.29 is 5.11 Å². The lowest BCUT2D eigenvalue weighted by Crippen LogP contribution is -2.53. The second-order valence-electron chi connectivity index (χ2n) is 6.72. The van der Waals surface area contributed by atoms with Crippen LogP contribution in [-0.2, 0) is 6.42 Å². The lowest BCUT2D eigenvalue weighted by atomic mass is 9.59. The molecule has 0 amide bonds. The molecule has 0 aliphatic heterocycles. The molecular formula is C16H23Cl2NO. The minimum atomic E-state index is -0.427. The quantitative estimate of drug-likeness (QED) is 0.883. The van der Waals surface area contributed by atoms with Crippen molar-refractivity contribution in [3.05, 3.63) is 33.8 Å². The third kappa shape index (κ3) is 2.99. The van der Waals surface area contributed by atoms with Crippen LogP contribution < -0.4 is 5.73 Å². The molecule has 2 atom stereocenters. The summed E-state index contributed by atoms with van der Waals surface area (Å²) in [5, 5.41) is 12.2. The molecule has 4 heteroatoms. The van der Waals surface area contributed by atoms with E-state index >= 15 is 0 Å². The highest BCUT2D eigenvalue weighted by atomic mass is 35.5. The van der Waals surface area contributed by atoms with E-state index in [2.05, 4.69) is 13.8 Å². The molecule has 0 bridgehead atoms. The van der Waals surface area contributed by atoms with Crippen LogP contribution in [0.15, 0.2) is 18.2 Å². The maximum atomic E-state index is 10.8. The van der Waals surface area contributed by atoms with Crippen LogP contribution >= 0.6 is 23.2 Å². The second kappa shape index (κ2) is 5.84. The van der Waals surface area contributed by atoms with Crippen LogP contribution in [0.3, 0.4) is 0 Å². The van der Waals surface area contributed by atoms with Crippen molar-refractivity contribution in [3.8, 4) is 0 Å². The monoisotopic (exact) mass is 315 g/mol. The first-order chi connectivity index (χ1) is 9.31. The van der Waals surface area contributed by atoms with E-state index in [4.69, 9.17) is 28.9 Å². The third-order valence-corrected chi connectivity index (χ3v) is 5.38. The van der Waals surface area contributed by atoms with Crippen molar-refractivity contribution in [2.75, 3.05) is 6.54 Å². The molecule has 20 heavy (non-hydrogen) atoms. The van der Waals surface area contributed by atoms with Crippen molar-refractivity contribution in [2.45, 2.75) is 45.6 Å². The first-order valence-electron chi connectivity index (χ1n) is 7.13. The van der Waals surface area contributed by atoms with Crippen LogP contribution in [0.5, 0.6) is 0 Å². The molecule has 0 spiro atoms. The van der Waals surface area contributed by atoms with E-state index in [1.165, 1.54) is 0 Å². The molecule has 1 saturated carbocycles. The topological polar surface area (TPSA) is 46.2 Å². The molecule has 0 saturated heterocycles. The van der Waals surface area contributed by atoms with E-state index in [-0.39, 0.29) is 10.8 Å². The standard InChI is InChI=1S/C16H23Cl2NO/c1-15(2)6-3-7-16(10-19,14(15)20)9-11-8-12(17)4-5-13(11)18/h4-5,8,14,20H,3,6-7,9-10,19H2,1-2H3. The van der Waals surface area contributed by atoms with Crippen LogP contribution in [0.25, 0.3) is 0 Å². The zero-order valence-corrected chi connectivity index (χ0v) is 13.6. The minimum Gasteiger partial charge on any atom is -0.392 e. The van der Waals surface area contributed by atoms with Crippen molar-refractivity contribution in [1.29, 1.82) is 0 Å². The van der Waals surface area contributed by atoms with Crippen LogP contribution in [0.2, 0.25) is 10.0 Å². The number of nitrogens with two attached hydrogens (primary N) is 1. The van der Waals surface area contributed by atoms with Gasteiger partial charge in [0.05, 0.1) is 6.10 Å². The molecule has 1 fully saturated rings.